The van der Waals surface area contributed by atoms with Gasteiger partial charge in [0.05, 0.1) is 7.11 Å². The molecule has 0 saturated heterocycles. The molecule has 1 heterocycles. The minimum Gasteiger partial charge on any atom is -0.468 e. The van der Waals surface area contributed by atoms with Gasteiger partial charge in [0.2, 0.25) is 0 Å². The quantitative estimate of drug-likeness (QED) is 0.509. The summed E-state index contributed by atoms with van der Waals surface area (Å²) in [6, 6.07) is 0.0322. The molecule has 0 aromatic carbocycles. The lowest BCUT2D eigenvalue weighted by molar-refractivity contribution is 0.378. The second-order valence-corrected chi connectivity index (χ2v) is 2.78. The van der Waals surface area contributed by atoms with Crippen molar-refractivity contribution in [3.05, 3.63) is 10.4 Å². The van der Waals surface area contributed by atoms with Gasteiger partial charge in [-0.15, -0.1) is 0 Å². The number of thiocyanates is 1. The number of nitriles is 1. The van der Waals surface area contributed by atoms with Gasteiger partial charge in [0.1, 0.15) is 16.1 Å². The minimum absolute atomic E-state index is 0.00727. The zero-order chi connectivity index (χ0) is 9.84. The number of aromatic amines is 1. The SMILES string of the molecule is COc1nc(N)c(SC#N)c(=O)[nH]1. The van der Waals surface area contributed by atoms with Gasteiger partial charge in [-0.25, -0.2) is 0 Å². The molecule has 0 aliphatic rings. The van der Waals surface area contributed by atoms with Crippen molar-refractivity contribution in [2.45, 2.75) is 4.90 Å². The number of nitrogens with two attached hydrogens (primary N) is 1. The number of anilines is 1. The Bertz CT molecular complexity index is 408. The van der Waals surface area contributed by atoms with E-state index in [9.17, 15) is 4.79 Å². The molecule has 13 heavy (non-hydrogen) atoms. The molecule has 6 nitrogen and oxygen atoms in total. The molecule has 1 aromatic heterocycles. The van der Waals surface area contributed by atoms with Crippen molar-refractivity contribution >= 4 is 17.6 Å². The molecule has 0 radical (unpaired) electrons. The summed E-state index contributed by atoms with van der Waals surface area (Å²) in [6.07, 6.45) is 0. The fraction of sp³-hybridized carbons (Fsp3) is 0.167. The standard InChI is InChI=1S/C6H6N4O2S/c1-12-6-9-4(8)3(13-2-7)5(11)10-6/h1H3,(H3,8,9,10,11). The fourth-order valence-electron chi connectivity index (χ4n) is 0.699. The lowest BCUT2D eigenvalue weighted by atomic mass is 10.6. The minimum atomic E-state index is -0.476. The van der Waals surface area contributed by atoms with E-state index < -0.39 is 5.56 Å². The summed E-state index contributed by atoms with van der Waals surface area (Å²) in [4.78, 5) is 17.3. The summed E-state index contributed by atoms with van der Waals surface area (Å²) in [7, 11) is 1.36. The van der Waals surface area contributed by atoms with Gasteiger partial charge in [0, 0.05) is 0 Å². The number of aromatic nitrogens is 2. The van der Waals surface area contributed by atoms with Crippen molar-refractivity contribution in [1.29, 1.82) is 5.26 Å². The third-order valence-corrected chi connectivity index (χ3v) is 1.91. The largest absolute Gasteiger partial charge is 0.468 e. The summed E-state index contributed by atoms with van der Waals surface area (Å²) in [5.74, 6) is -0.00727. The van der Waals surface area contributed by atoms with Gasteiger partial charge in [-0.2, -0.15) is 10.2 Å². The van der Waals surface area contributed by atoms with Crippen LogP contribution in [0.4, 0.5) is 5.82 Å². The van der Waals surface area contributed by atoms with Crippen LogP contribution in [0.1, 0.15) is 0 Å². The lowest BCUT2D eigenvalue weighted by Crippen LogP contribution is -2.14. The van der Waals surface area contributed by atoms with Crippen molar-refractivity contribution < 1.29 is 4.74 Å². The molecule has 0 amide bonds. The average molecular weight is 198 g/mol. The van der Waals surface area contributed by atoms with E-state index in [0.29, 0.717) is 11.8 Å². The summed E-state index contributed by atoms with van der Waals surface area (Å²) in [5.41, 5.74) is 4.92. The molecule has 0 atom stereocenters. The van der Waals surface area contributed by atoms with Crippen LogP contribution >= 0.6 is 11.8 Å². The predicted molar refractivity (Wildman–Crippen MR) is 47.3 cm³/mol. The fourth-order valence-corrected chi connectivity index (χ4v) is 1.08. The maximum absolute atomic E-state index is 11.2. The molecule has 0 unspecified atom stereocenters. The number of nitrogen functional groups attached to an aromatic ring is 1. The zero-order valence-electron chi connectivity index (χ0n) is 6.70. The number of nitrogens with one attached hydrogen (secondary N) is 1. The van der Waals surface area contributed by atoms with Crippen LogP contribution in [0.5, 0.6) is 6.01 Å². The summed E-state index contributed by atoms with van der Waals surface area (Å²) in [5, 5.41) is 10.1. The van der Waals surface area contributed by atoms with Gasteiger partial charge in [0.25, 0.3) is 11.6 Å². The molecular weight excluding hydrogens is 192 g/mol. The average Bonchev–Trinajstić information content (AvgIpc) is 2.11. The maximum atomic E-state index is 11.2. The van der Waals surface area contributed by atoms with Crippen LogP contribution in [-0.2, 0) is 0 Å². The third-order valence-electron chi connectivity index (χ3n) is 1.22. The highest BCUT2D eigenvalue weighted by Gasteiger charge is 2.09. The van der Waals surface area contributed by atoms with Crippen LogP contribution in [0.3, 0.4) is 0 Å². The molecule has 0 spiro atoms. The van der Waals surface area contributed by atoms with E-state index in [4.69, 9.17) is 11.0 Å². The normalized spacial score (nSPS) is 9.23. The van der Waals surface area contributed by atoms with E-state index in [1.807, 2.05) is 0 Å². The maximum Gasteiger partial charge on any atom is 0.298 e. The number of rotatable bonds is 2. The summed E-state index contributed by atoms with van der Waals surface area (Å²) >= 11 is 0.666. The van der Waals surface area contributed by atoms with E-state index >= 15 is 0 Å². The Morgan fingerprint density at radius 2 is 2.46 bits per heavy atom. The van der Waals surface area contributed by atoms with E-state index in [-0.39, 0.29) is 16.7 Å². The van der Waals surface area contributed by atoms with E-state index in [2.05, 4.69) is 14.7 Å². The smallest absolute Gasteiger partial charge is 0.298 e. The predicted octanol–water partition coefficient (Wildman–Crippen LogP) is -0.0661. The number of H-pyrrole nitrogens is 1. The number of methoxy groups -OCH3 is 1. The van der Waals surface area contributed by atoms with Crippen molar-refractivity contribution in [3.8, 4) is 11.4 Å². The van der Waals surface area contributed by atoms with E-state index in [1.54, 1.807) is 5.40 Å². The Kier molecular flexibility index (Phi) is 2.76. The van der Waals surface area contributed by atoms with Gasteiger partial charge in [-0.1, -0.05) is 0 Å². The molecule has 68 valence electrons. The van der Waals surface area contributed by atoms with Crippen molar-refractivity contribution in [2.75, 3.05) is 12.8 Å². The van der Waals surface area contributed by atoms with Crippen LogP contribution < -0.4 is 16.0 Å². The Hall–Kier alpha value is -1.68. The Morgan fingerprint density at radius 1 is 1.77 bits per heavy atom. The topological polar surface area (TPSA) is 105 Å². The molecule has 0 bridgehead atoms. The van der Waals surface area contributed by atoms with Gasteiger partial charge >= 0.3 is 0 Å². The molecule has 3 N–H and O–H groups in total. The van der Waals surface area contributed by atoms with Gasteiger partial charge in [-0.05, 0) is 11.8 Å². The Labute approximate surface area is 77.7 Å². The van der Waals surface area contributed by atoms with E-state index in [1.165, 1.54) is 7.11 Å². The second-order valence-electron chi connectivity index (χ2n) is 1.98. The number of hydrogen-bond donors (Lipinski definition) is 2. The molecule has 0 saturated carbocycles. The first-order valence-electron chi connectivity index (χ1n) is 3.18. The molecule has 0 aliphatic carbocycles. The highest BCUT2D eigenvalue weighted by atomic mass is 32.2. The first-order valence-corrected chi connectivity index (χ1v) is 4.00. The van der Waals surface area contributed by atoms with Crippen molar-refractivity contribution in [1.82, 2.24) is 9.97 Å². The summed E-state index contributed by atoms with van der Waals surface area (Å²) in [6.45, 7) is 0. The van der Waals surface area contributed by atoms with Gasteiger partial charge in [-0.3, -0.25) is 9.78 Å². The molecular formula is C6H6N4O2S. The van der Waals surface area contributed by atoms with Crippen LogP contribution in [0.2, 0.25) is 0 Å². The van der Waals surface area contributed by atoms with Crippen LogP contribution in [-0.4, -0.2) is 17.1 Å². The molecule has 7 heteroatoms. The molecule has 1 rings (SSSR count). The Balaban J connectivity index is 3.25. The Morgan fingerprint density at radius 3 is 2.92 bits per heavy atom. The first-order chi connectivity index (χ1) is 6.19. The highest BCUT2D eigenvalue weighted by molar-refractivity contribution is 8.03. The molecule has 0 aliphatic heterocycles. The number of ether oxygens (including phenoxy) is 1. The third kappa shape index (κ3) is 1.91. The van der Waals surface area contributed by atoms with Crippen molar-refractivity contribution in [2.24, 2.45) is 0 Å². The van der Waals surface area contributed by atoms with Gasteiger partial charge in [0.15, 0.2) is 0 Å². The lowest BCUT2D eigenvalue weighted by Gasteiger charge is -2.01. The number of nitrogens with zero attached hydrogens (tertiary/aromatic N) is 2. The monoisotopic (exact) mass is 198 g/mol. The highest BCUT2D eigenvalue weighted by Crippen LogP contribution is 2.18. The molecule has 0 fully saturated rings. The number of thioether (sulfide) groups is 1. The van der Waals surface area contributed by atoms with Crippen LogP contribution in [0.15, 0.2) is 9.69 Å². The van der Waals surface area contributed by atoms with Crippen LogP contribution in [0, 0.1) is 10.7 Å². The first kappa shape index (κ1) is 9.41. The van der Waals surface area contributed by atoms with Gasteiger partial charge < -0.3 is 10.5 Å². The van der Waals surface area contributed by atoms with Crippen molar-refractivity contribution in [3.63, 3.8) is 0 Å². The van der Waals surface area contributed by atoms with Crippen LogP contribution in [0.25, 0.3) is 0 Å². The summed E-state index contributed by atoms with van der Waals surface area (Å²) < 4.78 is 4.67. The molecule has 1 aromatic rings. The zero-order valence-corrected chi connectivity index (χ0v) is 7.51. The second kappa shape index (κ2) is 3.82. The number of hydrogen-bond acceptors (Lipinski definition) is 6. The van der Waals surface area contributed by atoms with E-state index in [0.717, 1.165) is 0 Å².